The third-order valence-corrected chi connectivity index (χ3v) is 2.53. The lowest BCUT2D eigenvalue weighted by Gasteiger charge is -2.06. The zero-order valence-corrected chi connectivity index (χ0v) is 8.65. The van der Waals surface area contributed by atoms with Crippen molar-refractivity contribution in [2.24, 2.45) is 5.73 Å². The normalized spacial score (nSPS) is 15.3. The Hall–Kier alpha value is -1.36. The van der Waals surface area contributed by atoms with E-state index in [9.17, 15) is 4.79 Å². The second-order valence-corrected chi connectivity index (χ2v) is 3.87. The molecule has 1 fully saturated rings. The first-order chi connectivity index (χ1) is 7.29. The second kappa shape index (κ2) is 4.44. The molecule has 0 saturated heterocycles. The molecule has 82 valence electrons. The first-order valence-corrected chi connectivity index (χ1v) is 5.28. The number of aryl methyl sites for hydroxylation is 1. The van der Waals surface area contributed by atoms with Crippen LogP contribution in [0.4, 0.5) is 0 Å². The molecule has 0 spiro atoms. The van der Waals surface area contributed by atoms with E-state index in [2.05, 4.69) is 10.3 Å². The molecule has 5 nitrogen and oxygen atoms in total. The number of imidazole rings is 1. The molecule has 0 aliphatic heterocycles. The Morgan fingerprint density at radius 1 is 1.67 bits per heavy atom. The summed E-state index contributed by atoms with van der Waals surface area (Å²) in [6.07, 6.45) is 6.21. The Balaban J connectivity index is 1.78. The quantitative estimate of drug-likeness (QED) is 0.716. The summed E-state index contributed by atoms with van der Waals surface area (Å²) in [6, 6.07) is 0.439. The maximum Gasteiger partial charge on any atom is 0.222 e. The van der Waals surface area contributed by atoms with Gasteiger partial charge in [-0.3, -0.25) is 4.79 Å². The van der Waals surface area contributed by atoms with E-state index in [0.29, 0.717) is 25.6 Å². The lowest BCUT2D eigenvalue weighted by Crippen LogP contribution is -2.26. The fourth-order valence-corrected chi connectivity index (χ4v) is 1.47. The van der Waals surface area contributed by atoms with Gasteiger partial charge in [0, 0.05) is 31.7 Å². The third kappa shape index (κ3) is 2.79. The van der Waals surface area contributed by atoms with Gasteiger partial charge in [0.05, 0.1) is 12.0 Å². The van der Waals surface area contributed by atoms with Gasteiger partial charge in [-0.1, -0.05) is 0 Å². The summed E-state index contributed by atoms with van der Waals surface area (Å²) in [5, 5.41) is 2.95. The average molecular weight is 208 g/mol. The van der Waals surface area contributed by atoms with Gasteiger partial charge in [0.1, 0.15) is 0 Å². The summed E-state index contributed by atoms with van der Waals surface area (Å²) in [4.78, 5) is 15.4. The van der Waals surface area contributed by atoms with Gasteiger partial charge in [-0.05, 0) is 12.8 Å². The molecule has 5 heteroatoms. The number of nitrogens with two attached hydrogens (primary N) is 1. The SMILES string of the molecule is NCc1cncn1CCC(=O)NC1CC1. The molecule has 1 amide bonds. The van der Waals surface area contributed by atoms with Crippen LogP contribution >= 0.6 is 0 Å². The molecule has 0 atom stereocenters. The van der Waals surface area contributed by atoms with E-state index in [1.165, 1.54) is 0 Å². The van der Waals surface area contributed by atoms with Crippen molar-refractivity contribution >= 4 is 5.91 Å². The summed E-state index contributed by atoms with van der Waals surface area (Å²) in [5.74, 6) is 0.120. The van der Waals surface area contributed by atoms with Gasteiger partial charge >= 0.3 is 0 Å². The molecule has 1 aliphatic carbocycles. The van der Waals surface area contributed by atoms with E-state index in [4.69, 9.17) is 5.73 Å². The van der Waals surface area contributed by atoms with E-state index in [1.54, 1.807) is 12.5 Å². The number of hydrogen-bond acceptors (Lipinski definition) is 3. The van der Waals surface area contributed by atoms with Crippen LogP contribution in [0.1, 0.15) is 25.0 Å². The maximum absolute atomic E-state index is 11.4. The fourth-order valence-electron chi connectivity index (χ4n) is 1.47. The molecule has 0 aromatic carbocycles. The molecule has 1 aliphatic rings. The lowest BCUT2D eigenvalue weighted by atomic mass is 10.3. The predicted octanol–water partition coefficient (Wildman–Crippen LogP) is 0.0105. The summed E-state index contributed by atoms with van der Waals surface area (Å²) in [5.41, 5.74) is 6.50. The van der Waals surface area contributed by atoms with Gasteiger partial charge in [-0.2, -0.15) is 0 Å². The molecule has 1 aromatic heterocycles. The monoisotopic (exact) mass is 208 g/mol. The van der Waals surface area contributed by atoms with E-state index in [1.807, 2.05) is 4.57 Å². The van der Waals surface area contributed by atoms with Crippen molar-refractivity contribution in [3.8, 4) is 0 Å². The number of nitrogens with one attached hydrogen (secondary N) is 1. The highest BCUT2D eigenvalue weighted by Gasteiger charge is 2.22. The van der Waals surface area contributed by atoms with Crippen LogP contribution in [0.15, 0.2) is 12.5 Å². The van der Waals surface area contributed by atoms with Crippen molar-refractivity contribution in [1.29, 1.82) is 0 Å². The van der Waals surface area contributed by atoms with E-state index < -0.39 is 0 Å². The van der Waals surface area contributed by atoms with E-state index in [0.717, 1.165) is 18.5 Å². The van der Waals surface area contributed by atoms with Crippen LogP contribution < -0.4 is 11.1 Å². The smallest absolute Gasteiger partial charge is 0.222 e. The second-order valence-electron chi connectivity index (χ2n) is 3.87. The van der Waals surface area contributed by atoms with Crippen molar-refractivity contribution in [1.82, 2.24) is 14.9 Å². The largest absolute Gasteiger partial charge is 0.353 e. The minimum absolute atomic E-state index is 0.120. The van der Waals surface area contributed by atoms with Crippen molar-refractivity contribution in [2.45, 2.75) is 38.4 Å². The van der Waals surface area contributed by atoms with Gasteiger partial charge in [0.25, 0.3) is 0 Å². The van der Waals surface area contributed by atoms with Gasteiger partial charge < -0.3 is 15.6 Å². The van der Waals surface area contributed by atoms with E-state index >= 15 is 0 Å². The molecule has 0 bridgehead atoms. The zero-order valence-electron chi connectivity index (χ0n) is 8.65. The zero-order chi connectivity index (χ0) is 10.7. The van der Waals surface area contributed by atoms with Crippen LogP contribution in [-0.4, -0.2) is 21.5 Å². The Kier molecular flexibility index (Phi) is 3.01. The molecule has 15 heavy (non-hydrogen) atoms. The van der Waals surface area contributed by atoms with Gasteiger partial charge in [0.15, 0.2) is 0 Å². The number of amides is 1. The summed E-state index contributed by atoms with van der Waals surface area (Å²) in [6.45, 7) is 1.12. The Bertz CT molecular complexity index is 343. The summed E-state index contributed by atoms with van der Waals surface area (Å²) < 4.78 is 1.92. The van der Waals surface area contributed by atoms with Crippen LogP contribution in [0, 0.1) is 0 Å². The van der Waals surface area contributed by atoms with Gasteiger partial charge in [-0.25, -0.2) is 4.98 Å². The Labute approximate surface area is 88.7 Å². The van der Waals surface area contributed by atoms with Gasteiger partial charge in [-0.15, -0.1) is 0 Å². The maximum atomic E-state index is 11.4. The van der Waals surface area contributed by atoms with Crippen LogP contribution in [0.3, 0.4) is 0 Å². The number of hydrogen-bond donors (Lipinski definition) is 2. The van der Waals surface area contributed by atoms with E-state index in [-0.39, 0.29) is 5.91 Å². The van der Waals surface area contributed by atoms with Crippen molar-refractivity contribution < 1.29 is 4.79 Å². The van der Waals surface area contributed by atoms with Crippen molar-refractivity contribution in [3.05, 3.63) is 18.2 Å². The molecule has 3 N–H and O–H groups in total. The predicted molar refractivity (Wildman–Crippen MR) is 55.9 cm³/mol. The minimum atomic E-state index is 0.120. The number of nitrogens with zero attached hydrogens (tertiary/aromatic N) is 2. The molecule has 2 rings (SSSR count). The molecule has 1 saturated carbocycles. The van der Waals surface area contributed by atoms with Crippen molar-refractivity contribution in [3.63, 3.8) is 0 Å². The van der Waals surface area contributed by atoms with Gasteiger partial charge in [0.2, 0.25) is 5.91 Å². The fraction of sp³-hybridized carbons (Fsp3) is 0.600. The Morgan fingerprint density at radius 2 is 2.47 bits per heavy atom. The summed E-state index contributed by atoms with van der Waals surface area (Å²) in [7, 11) is 0. The molecular formula is C10H16N4O. The summed E-state index contributed by atoms with van der Waals surface area (Å²) >= 11 is 0. The van der Waals surface area contributed by atoms with Crippen LogP contribution in [0.2, 0.25) is 0 Å². The van der Waals surface area contributed by atoms with Crippen molar-refractivity contribution in [2.75, 3.05) is 0 Å². The number of rotatable bonds is 5. The Morgan fingerprint density at radius 3 is 3.13 bits per heavy atom. The van der Waals surface area contributed by atoms with Crippen LogP contribution in [-0.2, 0) is 17.9 Å². The molecule has 1 heterocycles. The highest BCUT2D eigenvalue weighted by atomic mass is 16.1. The average Bonchev–Trinajstić information content (AvgIpc) is 2.92. The molecule has 0 radical (unpaired) electrons. The molecular weight excluding hydrogens is 192 g/mol. The first-order valence-electron chi connectivity index (χ1n) is 5.28. The third-order valence-electron chi connectivity index (χ3n) is 2.53. The highest BCUT2D eigenvalue weighted by Crippen LogP contribution is 2.18. The van der Waals surface area contributed by atoms with Crippen LogP contribution in [0.5, 0.6) is 0 Å². The molecule has 0 unspecified atom stereocenters. The minimum Gasteiger partial charge on any atom is -0.353 e. The first kappa shape index (κ1) is 10.2. The lowest BCUT2D eigenvalue weighted by molar-refractivity contribution is -0.121. The number of aromatic nitrogens is 2. The standard InChI is InChI=1S/C10H16N4O/c11-5-9-6-12-7-14(9)4-3-10(15)13-8-1-2-8/h6-8H,1-5,11H2,(H,13,15). The number of carbonyl (C=O) groups is 1. The topological polar surface area (TPSA) is 72.9 Å². The highest BCUT2D eigenvalue weighted by molar-refractivity contribution is 5.76. The molecule has 1 aromatic rings. The number of carbonyl (C=O) groups excluding carboxylic acids is 1. The van der Waals surface area contributed by atoms with Crippen LogP contribution in [0.25, 0.3) is 0 Å².